The van der Waals surface area contributed by atoms with Crippen molar-refractivity contribution < 1.29 is 9.53 Å². The lowest BCUT2D eigenvalue weighted by molar-refractivity contribution is -0.127. The number of benzene rings is 2. The predicted octanol–water partition coefficient (Wildman–Crippen LogP) is 5.44. The SMILES string of the molecule is O=C1CCCN1CCCNCc1cc(Br)ccc1OCc1c(Cl)cccc1Cl. The van der Waals surface area contributed by atoms with Crippen molar-refractivity contribution in [2.24, 2.45) is 0 Å². The second-order valence-electron chi connectivity index (χ2n) is 6.76. The van der Waals surface area contributed by atoms with Crippen LogP contribution in [0.1, 0.15) is 30.4 Å². The van der Waals surface area contributed by atoms with Crippen molar-refractivity contribution in [2.75, 3.05) is 19.6 Å². The fourth-order valence-corrected chi connectivity index (χ4v) is 4.12. The number of carbonyl (C=O) groups is 1. The fraction of sp³-hybridized carbons (Fsp3) is 0.381. The minimum Gasteiger partial charge on any atom is -0.488 e. The van der Waals surface area contributed by atoms with Crippen LogP contribution in [0.15, 0.2) is 40.9 Å². The van der Waals surface area contributed by atoms with Gasteiger partial charge in [-0.05, 0) is 49.7 Å². The molecule has 2 aromatic rings. The normalized spacial score (nSPS) is 14.0. The average Bonchev–Trinajstić information content (AvgIpc) is 3.07. The van der Waals surface area contributed by atoms with Crippen LogP contribution in [0.3, 0.4) is 0 Å². The maximum atomic E-state index is 11.6. The monoisotopic (exact) mass is 484 g/mol. The molecule has 2 aromatic carbocycles. The average molecular weight is 486 g/mol. The van der Waals surface area contributed by atoms with E-state index >= 15 is 0 Å². The summed E-state index contributed by atoms with van der Waals surface area (Å²) < 4.78 is 7.01. The van der Waals surface area contributed by atoms with Gasteiger partial charge < -0.3 is 15.0 Å². The molecule has 1 amide bonds. The molecule has 0 radical (unpaired) electrons. The molecule has 1 heterocycles. The predicted molar refractivity (Wildman–Crippen MR) is 117 cm³/mol. The van der Waals surface area contributed by atoms with Gasteiger partial charge in [0.25, 0.3) is 0 Å². The van der Waals surface area contributed by atoms with E-state index in [1.165, 1.54) is 0 Å². The molecule has 1 N–H and O–H groups in total. The Balaban J connectivity index is 1.53. The van der Waals surface area contributed by atoms with E-state index in [9.17, 15) is 4.79 Å². The standard InChI is InChI=1S/C21H23BrCl2N2O2/c22-16-7-8-20(28-14-17-18(23)4-1-5-19(17)24)15(12-16)13-25-9-3-11-26-10-2-6-21(26)27/h1,4-5,7-8,12,25H,2-3,6,9-11,13-14H2. The summed E-state index contributed by atoms with van der Waals surface area (Å²) in [5, 5.41) is 4.63. The maximum Gasteiger partial charge on any atom is 0.222 e. The number of hydrogen-bond donors (Lipinski definition) is 1. The van der Waals surface area contributed by atoms with Crippen LogP contribution in [0.2, 0.25) is 10.0 Å². The summed E-state index contributed by atoms with van der Waals surface area (Å²) in [5.41, 5.74) is 1.83. The first-order valence-electron chi connectivity index (χ1n) is 9.37. The highest BCUT2D eigenvalue weighted by Gasteiger charge is 2.18. The lowest BCUT2D eigenvalue weighted by Crippen LogP contribution is -2.28. The van der Waals surface area contributed by atoms with E-state index in [2.05, 4.69) is 21.2 Å². The molecule has 0 saturated carbocycles. The van der Waals surface area contributed by atoms with Gasteiger partial charge >= 0.3 is 0 Å². The third-order valence-electron chi connectivity index (χ3n) is 4.72. The Hall–Kier alpha value is -1.27. The molecule has 1 aliphatic heterocycles. The van der Waals surface area contributed by atoms with Gasteiger partial charge in [0.1, 0.15) is 12.4 Å². The van der Waals surface area contributed by atoms with Crippen LogP contribution < -0.4 is 10.1 Å². The number of carbonyl (C=O) groups excluding carboxylic acids is 1. The fourth-order valence-electron chi connectivity index (χ4n) is 3.21. The van der Waals surface area contributed by atoms with Crippen molar-refractivity contribution in [1.29, 1.82) is 0 Å². The van der Waals surface area contributed by atoms with Gasteiger partial charge in [-0.2, -0.15) is 0 Å². The van der Waals surface area contributed by atoms with Crippen molar-refractivity contribution >= 4 is 45.0 Å². The number of nitrogens with one attached hydrogen (secondary N) is 1. The number of rotatable bonds is 9. The van der Waals surface area contributed by atoms with E-state index in [1.54, 1.807) is 12.1 Å². The minimum absolute atomic E-state index is 0.279. The summed E-state index contributed by atoms with van der Waals surface area (Å²) in [7, 11) is 0. The molecule has 3 rings (SSSR count). The van der Waals surface area contributed by atoms with Gasteiger partial charge in [0.15, 0.2) is 0 Å². The highest BCUT2D eigenvalue weighted by atomic mass is 79.9. The summed E-state index contributed by atoms with van der Waals surface area (Å²) >= 11 is 16.0. The third-order valence-corrected chi connectivity index (χ3v) is 5.93. The molecule has 0 bridgehead atoms. The van der Waals surface area contributed by atoms with Crippen LogP contribution in [0.5, 0.6) is 5.75 Å². The van der Waals surface area contributed by atoms with Crippen LogP contribution in [-0.2, 0) is 17.9 Å². The topological polar surface area (TPSA) is 41.6 Å². The zero-order chi connectivity index (χ0) is 19.9. The Morgan fingerprint density at radius 2 is 1.96 bits per heavy atom. The summed E-state index contributed by atoms with van der Waals surface area (Å²) in [6.45, 7) is 3.54. The maximum absolute atomic E-state index is 11.6. The first-order chi connectivity index (χ1) is 13.5. The number of halogens is 3. The first-order valence-corrected chi connectivity index (χ1v) is 10.9. The van der Waals surface area contributed by atoms with Gasteiger partial charge in [-0.15, -0.1) is 0 Å². The van der Waals surface area contributed by atoms with Crippen LogP contribution in [0.25, 0.3) is 0 Å². The summed E-state index contributed by atoms with van der Waals surface area (Å²) in [6, 6.07) is 11.4. The van der Waals surface area contributed by atoms with Crippen LogP contribution in [-0.4, -0.2) is 30.4 Å². The van der Waals surface area contributed by atoms with Crippen LogP contribution in [0, 0.1) is 0 Å². The second-order valence-corrected chi connectivity index (χ2v) is 8.49. The van der Waals surface area contributed by atoms with E-state index in [1.807, 2.05) is 29.2 Å². The Labute approximate surface area is 184 Å². The van der Waals surface area contributed by atoms with Gasteiger partial charge in [0, 0.05) is 51.7 Å². The van der Waals surface area contributed by atoms with E-state index in [-0.39, 0.29) is 5.91 Å². The Kier molecular flexibility index (Phi) is 8.03. The van der Waals surface area contributed by atoms with Crippen molar-refractivity contribution in [3.63, 3.8) is 0 Å². The van der Waals surface area contributed by atoms with Crippen molar-refractivity contribution in [1.82, 2.24) is 10.2 Å². The Morgan fingerprint density at radius 3 is 2.68 bits per heavy atom. The van der Waals surface area contributed by atoms with Gasteiger partial charge in [-0.1, -0.05) is 45.2 Å². The molecular formula is C21H23BrCl2N2O2. The molecule has 0 aliphatic carbocycles. The van der Waals surface area contributed by atoms with Crippen LogP contribution in [0.4, 0.5) is 0 Å². The molecule has 0 atom stereocenters. The molecule has 1 aliphatic rings. The van der Waals surface area contributed by atoms with Gasteiger partial charge in [-0.3, -0.25) is 4.79 Å². The smallest absolute Gasteiger partial charge is 0.222 e. The van der Waals surface area contributed by atoms with Gasteiger partial charge in [-0.25, -0.2) is 0 Å². The third kappa shape index (κ3) is 5.86. The molecule has 0 spiro atoms. The number of ether oxygens (including phenoxy) is 1. The van der Waals surface area contributed by atoms with Crippen LogP contribution >= 0.6 is 39.1 Å². The summed E-state index contributed by atoms with van der Waals surface area (Å²) in [6.07, 6.45) is 2.62. The molecule has 150 valence electrons. The highest BCUT2D eigenvalue weighted by molar-refractivity contribution is 9.10. The number of nitrogens with zero attached hydrogens (tertiary/aromatic N) is 1. The Morgan fingerprint density at radius 1 is 1.18 bits per heavy atom. The molecular weight excluding hydrogens is 463 g/mol. The number of amides is 1. The Bertz CT molecular complexity index is 812. The lowest BCUT2D eigenvalue weighted by atomic mass is 10.2. The minimum atomic E-state index is 0.279. The molecule has 7 heteroatoms. The van der Waals surface area contributed by atoms with Gasteiger partial charge in [0.05, 0.1) is 0 Å². The van der Waals surface area contributed by atoms with E-state index in [0.29, 0.717) is 29.6 Å². The van der Waals surface area contributed by atoms with Crippen molar-refractivity contribution in [2.45, 2.75) is 32.4 Å². The quantitative estimate of drug-likeness (QED) is 0.481. The second kappa shape index (κ2) is 10.5. The molecule has 0 aromatic heterocycles. The van der Waals surface area contributed by atoms with Gasteiger partial charge in [0.2, 0.25) is 5.91 Å². The highest BCUT2D eigenvalue weighted by Crippen LogP contribution is 2.28. The van der Waals surface area contributed by atoms with Crippen molar-refractivity contribution in [3.8, 4) is 5.75 Å². The first kappa shape index (κ1) is 21.4. The molecule has 0 unspecified atom stereocenters. The lowest BCUT2D eigenvalue weighted by Gasteiger charge is -2.16. The van der Waals surface area contributed by atoms with E-state index < -0.39 is 0 Å². The van der Waals surface area contributed by atoms with E-state index in [0.717, 1.165) is 53.8 Å². The summed E-state index contributed by atoms with van der Waals surface area (Å²) in [4.78, 5) is 13.6. The molecule has 1 fully saturated rings. The largest absolute Gasteiger partial charge is 0.488 e. The van der Waals surface area contributed by atoms with Crippen molar-refractivity contribution in [3.05, 3.63) is 62.0 Å². The van der Waals surface area contributed by atoms with E-state index in [4.69, 9.17) is 27.9 Å². The zero-order valence-electron chi connectivity index (χ0n) is 15.5. The summed E-state index contributed by atoms with van der Waals surface area (Å²) in [5.74, 6) is 1.07. The number of hydrogen-bond acceptors (Lipinski definition) is 3. The molecule has 1 saturated heterocycles. The molecule has 28 heavy (non-hydrogen) atoms. The number of likely N-dealkylation sites (tertiary alicyclic amines) is 1. The zero-order valence-corrected chi connectivity index (χ0v) is 18.6. The molecule has 4 nitrogen and oxygen atoms in total.